The first-order valence-electron chi connectivity index (χ1n) is 9.72. The number of aromatic nitrogens is 1. The van der Waals surface area contributed by atoms with Crippen LogP contribution in [0.3, 0.4) is 0 Å². The van der Waals surface area contributed by atoms with Gasteiger partial charge in [0.1, 0.15) is 5.75 Å². The molecule has 0 atom stereocenters. The maximum absolute atomic E-state index is 12.5. The van der Waals surface area contributed by atoms with Gasteiger partial charge >= 0.3 is 0 Å². The molecule has 0 bridgehead atoms. The number of carbonyl (C=O) groups is 1. The predicted molar refractivity (Wildman–Crippen MR) is 114 cm³/mol. The zero-order valence-corrected chi connectivity index (χ0v) is 17.1. The number of aryl methyl sites for hydroxylation is 2. The van der Waals surface area contributed by atoms with Crippen LogP contribution in [0.4, 0.5) is 0 Å². The van der Waals surface area contributed by atoms with Crippen molar-refractivity contribution in [3.63, 3.8) is 0 Å². The Kier molecular flexibility index (Phi) is 5.43. The summed E-state index contributed by atoms with van der Waals surface area (Å²) in [6.07, 6.45) is 1.53. The minimum absolute atomic E-state index is 0.177. The van der Waals surface area contributed by atoms with Crippen LogP contribution in [0.2, 0.25) is 0 Å². The summed E-state index contributed by atoms with van der Waals surface area (Å²) in [5.41, 5.74) is 7.06. The molecule has 4 rings (SSSR count). The standard InChI is InChI=1S/C23H23N3O4/c1-4-28-20-12-22-21(29-14-30-22)11-18(20)13-24-25-23(27)17-7-9-19(10-8-17)26-15(2)5-6-16(26)3/h5-13H,4,14H2,1-3H3,(H,25,27)/b24-13+. The van der Waals surface area contributed by atoms with Gasteiger partial charge in [0.15, 0.2) is 11.5 Å². The van der Waals surface area contributed by atoms with E-state index in [0.29, 0.717) is 35.0 Å². The van der Waals surface area contributed by atoms with Crippen LogP contribution in [0, 0.1) is 13.8 Å². The maximum atomic E-state index is 12.5. The van der Waals surface area contributed by atoms with E-state index in [1.54, 1.807) is 24.3 Å². The number of amides is 1. The van der Waals surface area contributed by atoms with Gasteiger partial charge in [-0.2, -0.15) is 5.10 Å². The number of ether oxygens (including phenoxy) is 3. The molecule has 3 aromatic rings. The van der Waals surface area contributed by atoms with Crippen LogP contribution < -0.4 is 19.6 Å². The molecule has 1 N–H and O–H groups in total. The number of benzene rings is 2. The van der Waals surface area contributed by atoms with Gasteiger partial charge in [-0.1, -0.05) is 0 Å². The Hall–Kier alpha value is -3.74. The van der Waals surface area contributed by atoms with E-state index < -0.39 is 0 Å². The zero-order valence-electron chi connectivity index (χ0n) is 17.1. The summed E-state index contributed by atoms with van der Waals surface area (Å²) >= 11 is 0. The molecule has 7 heteroatoms. The molecule has 0 saturated heterocycles. The number of nitrogens with one attached hydrogen (secondary N) is 1. The molecule has 7 nitrogen and oxygen atoms in total. The van der Waals surface area contributed by atoms with Gasteiger partial charge in [0, 0.05) is 34.3 Å². The molecule has 1 aliphatic rings. The second-order valence-electron chi connectivity index (χ2n) is 6.87. The molecule has 0 saturated carbocycles. The lowest BCUT2D eigenvalue weighted by molar-refractivity contribution is 0.0955. The van der Waals surface area contributed by atoms with Gasteiger partial charge in [0.25, 0.3) is 5.91 Å². The molecule has 1 aliphatic heterocycles. The number of rotatable bonds is 6. The molecule has 0 aliphatic carbocycles. The number of hydrogen-bond acceptors (Lipinski definition) is 5. The second-order valence-corrected chi connectivity index (χ2v) is 6.87. The number of hydrazone groups is 1. The molecule has 2 aromatic carbocycles. The topological polar surface area (TPSA) is 74.1 Å². The Labute approximate surface area is 174 Å². The molecule has 30 heavy (non-hydrogen) atoms. The van der Waals surface area contributed by atoms with Gasteiger partial charge < -0.3 is 18.8 Å². The van der Waals surface area contributed by atoms with Crippen LogP contribution >= 0.6 is 0 Å². The van der Waals surface area contributed by atoms with Crippen LogP contribution in [-0.2, 0) is 0 Å². The molecule has 2 heterocycles. The summed E-state index contributed by atoms with van der Waals surface area (Å²) < 4.78 is 18.5. The Morgan fingerprint density at radius 3 is 2.43 bits per heavy atom. The summed E-state index contributed by atoms with van der Waals surface area (Å²) in [5, 5.41) is 4.08. The van der Waals surface area contributed by atoms with Crippen LogP contribution in [0.5, 0.6) is 17.2 Å². The average Bonchev–Trinajstić information content (AvgIpc) is 3.33. The van der Waals surface area contributed by atoms with Crippen LogP contribution in [0.15, 0.2) is 53.6 Å². The van der Waals surface area contributed by atoms with Crippen molar-refractivity contribution < 1.29 is 19.0 Å². The molecule has 0 unspecified atom stereocenters. The summed E-state index contributed by atoms with van der Waals surface area (Å²) in [4.78, 5) is 12.5. The van der Waals surface area contributed by atoms with Crippen molar-refractivity contribution >= 4 is 12.1 Å². The number of carbonyl (C=O) groups excluding carboxylic acids is 1. The van der Waals surface area contributed by atoms with Gasteiger partial charge in [-0.05, 0) is 63.2 Å². The van der Waals surface area contributed by atoms with Crippen LogP contribution in [-0.4, -0.2) is 30.1 Å². The molecular formula is C23H23N3O4. The van der Waals surface area contributed by atoms with E-state index >= 15 is 0 Å². The SMILES string of the molecule is CCOc1cc2c(cc1/C=N/NC(=O)c1ccc(-n3c(C)ccc3C)cc1)OCO2. The molecule has 0 fully saturated rings. The molecule has 1 aromatic heterocycles. The Bertz CT molecular complexity index is 1080. The first-order valence-corrected chi connectivity index (χ1v) is 9.72. The highest BCUT2D eigenvalue weighted by molar-refractivity contribution is 5.95. The summed E-state index contributed by atoms with van der Waals surface area (Å²) in [5.74, 6) is 1.57. The first-order chi connectivity index (χ1) is 14.6. The largest absolute Gasteiger partial charge is 0.493 e. The fraction of sp³-hybridized carbons (Fsp3) is 0.217. The number of hydrogen-bond donors (Lipinski definition) is 1. The lowest BCUT2D eigenvalue weighted by atomic mass is 10.2. The highest BCUT2D eigenvalue weighted by Crippen LogP contribution is 2.37. The highest BCUT2D eigenvalue weighted by atomic mass is 16.7. The molecule has 154 valence electrons. The van der Waals surface area contributed by atoms with Crippen molar-refractivity contribution in [2.45, 2.75) is 20.8 Å². The third kappa shape index (κ3) is 3.87. The summed E-state index contributed by atoms with van der Waals surface area (Å²) in [6.45, 7) is 6.67. The predicted octanol–water partition coefficient (Wildman–Crippen LogP) is 3.99. The van der Waals surface area contributed by atoms with E-state index in [0.717, 1.165) is 17.1 Å². The zero-order chi connectivity index (χ0) is 21.1. The Balaban J connectivity index is 1.47. The van der Waals surface area contributed by atoms with E-state index in [2.05, 4.69) is 41.1 Å². The van der Waals surface area contributed by atoms with Gasteiger partial charge in [0.2, 0.25) is 6.79 Å². The fourth-order valence-electron chi connectivity index (χ4n) is 3.38. The van der Waals surface area contributed by atoms with E-state index in [9.17, 15) is 4.79 Å². The third-order valence-corrected chi connectivity index (χ3v) is 4.83. The van der Waals surface area contributed by atoms with Crippen molar-refractivity contribution in [3.8, 4) is 22.9 Å². The second kappa shape index (κ2) is 8.32. The minimum Gasteiger partial charge on any atom is -0.493 e. The van der Waals surface area contributed by atoms with Crippen LogP contribution in [0.1, 0.15) is 34.2 Å². The normalized spacial score (nSPS) is 12.4. The van der Waals surface area contributed by atoms with Gasteiger partial charge in [-0.15, -0.1) is 0 Å². The van der Waals surface area contributed by atoms with Crippen molar-refractivity contribution in [2.24, 2.45) is 5.10 Å². The van der Waals surface area contributed by atoms with Gasteiger partial charge in [0.05, 0.1) is 12.8 Å². The van der Waals surface area contributed by atoms with Crippen LogP contribution in [0.25, 0.3) is 5.69 Å². The molecule has 1 amide bonds. The number of nitrogens with zero attached hydrogens (tertiary/aromatic N) is 2. The highest BCUT2D eigenvalue weighted by Gasteiger charge is 2.17. The number of fused-ring (bicyclic) bond motifs is 1. The molecule has 0 radical (unpaired) electrons. The van der Waals surface area contributed by atoms with E-state index in [4.69, 9.17) is 14.2 Å². The van der Waals surface area contributed by atoms with Gasteiger partial charge in [-0.3, -0.25) is 4.79 Å². The maximum Gasteiger partial charge on any atom is 0.271 e. The van der Waals surface area contributed by atoms with Crippen molar-refractivity contribution in [1.82, 2.24) is 9.99 Å². The van der Waals surface area contributed by atoms with E-state index in [1.165, 1.54) is 6.21 Å². The quantitative estimate of drug-likeness (QED) is 0.497. The van der Waals surface area contributed by atoms with Crippen molar-refractivity contribution in [3.05, 3.63) is 71.0 Å². The molecule has 0 spiro atoms. The monoisotopic (exact) mass is 405 g/mol. The lowest BCUT2D eigenvalue weighted by Crippen LogP contribution is -2.17. The summed E-state index contributed by atoms with van der Waals surface area (Å²) in [6, 6.07) is 15.1. The Morgan fingerprint density at radius 2 is 1.77 bits per heavy atom. The smallest absolute Gasteiger partial charge is 0.271 e. The van der Waals surface area contributed by atoms with E-state index in [-0.39, 0.29) is 12.7 Å². The average molecular weight is 405 g/mol. The minimum atomic E-state index is -0.294. The fourth-order valence-corrected chi connectivity index (χ4v) is 3.38. The van der Waals surface area contributed by atoms with E-state index in [1.807, 2.05) is 19.1 Å². The summed E-state index contributed by atoms with van der Waals surface area (Å²) in [7, 11) is 0. The lowest BCUT2D eigenvalue weighted by Gasteiger charge is -2.10. The first kappa shape index (κ1) is 19.6. The van der Waals surface area contributed by atoms with Gasteiger partial charge in [-0.25, -0.2) is 5.43 Å². The molecular weight excluding hydrogens is 382 g/mol. The Morgan fingerprint density at radius 1 is 1.10 bits per heavy atom. The van der Waals surface area contributed by atoms with Crippen molar-refractivity contribution in [1.29, 1.82) is 0 Å². The third-order valence-electron chi connectivity index (χ3n) is 4.83. The van der Waals surface area contributed by atoms with Crippen molar-refractivity contribution in [2.75, 3.05) is 13.4 Å².